The number of thiocarbonyl (C=S) groups is 1. The molecule has 25 heavy (non-hydrogen) atoms. The van der Waals surface area contributed by atoms with E-state index >= 15 is 0 Å². The van der Waals surface area contributed by atoms with Gasteiger partial charge in [-0.2, -0.15) is 0 Å². The van der Waals surface area contributed by atoms with E-state index in [4.69, 9.17) is 12.2 Å². The summed E-state index contributed by atoms with van der Waals surface area (Å²) >= 11 is 5.13. The largest absolute Gasteiger partial charge is 0.332 e. The van der Waals surface area contributed by atoms with E-state index < -0.39 is 0 Å². The molecular weight excluding hydrogens is 334 g/mol. The third kappa shape index (κ3) is 5.39. The minimum atomic E-state index is -0.163. The number of benzene rings is 2. The second-order valence-electron chi connectivity index (χ2n) is 5.95. The predicted molar refractivity (Wildman–Crippen MR) is 105 cm³/mol. The quantitative estimate of drug-likeness (QED) is 0.731. The zero-order chi connectivity index (χ0) is 18.4. The Hall–Kier alpha value is -2.73. The van der Waals surface area contributed by atoms with Crippen molar-refractivity contribution < 1.29 is 9.59 Å². The third-order valence-corrected chi connectivity index (χ3v) is 3.73. The van der Waals surface area contributed by atoms with Gasteiger partial charge in [-0.05, 0) is 55.0 Å². The van der Waals surface area contributed by atoms with Gasteiger partial charge in [0, 0.05) is 22.9 Å². The second kappa shape index (κ2) is 8.39. The maximum Gasteiger partial charge on any atom is 0.255 e. The van der Waals surface area contributed by atoms with Gasteiger partial charge in [-0.3, -0.25) is 9.59 Å². The number of amides is 2. The van der Waals surface area contributed by atoms with Gasteiger partial charge in [-0.1, -0.05) is 32.0 Å². The maximum atomic E-state index is 12.2. The van der Waals surface area contributed by atoms with Crippen molar-refractivity contribution >= 4 is 40.5 Å². The Balaban J connectivity index is 2.02. The van der Waals surface area contributed by atoms with Crippen molar-refractivity contribution in [1.29, 1.82) is 0 Å². The van der Waals surface area contributed by atoms with Gasteiger partial charge in [0.2, 0.25) is 5.91 Å². The van der Waals surface area contributed by atoms with Crippen molar-refractivity contribution in [3.05, 3.63) is 59.7 Å². The number of rotatable bonds is 4. The van der Waals surface area contributed by atoms with Crippen LogP contribution in [0.2, 0.25) is 0 Å². The van der Waals surface area contributed by atoms with Crippen molar-refractivity contribution in [2.45, 2.75) is 20.8 Å². The molecule has 0 aliphatic carbocycles. The maximum absolute atomic E-state index is 12.2. The Labute approximate surface area is 152 Å². The Morgan fingerprint density at radius 3 is 2.28 bits per heavy atom. The molecule has 0 spiro atoms. The van der Waals surface area contributed by atoms with Crippen LogP contribution in [0.5, 0.6) is 0 Å². The molecule has 5 nitrogen and oxygen atoms in total. The zero-order valence-corrected chi connectivity index (χ0v) is 15.2. The van der Waals surface area contributed by atoms with Gasteiger partial charge in [-0.15, -0.1) is 0 Å². The number of hydrogen-bond acceptors (Lipinski definition) is 3. The van der Waals surface area contributed by atoms with Crippen LogP contribution in [0.3, 0.4) is 0 Å². The van der Waals surface area contributed by atoms with Crippen LogP contribution in [0.4, 0.5) is 11.4 Å². The molecule has 0 saturated carbocycles. The first-order valence-electron chi connectivity index (χ1n) is 7.95. The number of hydrogen-bond donors (Lipinski definition) is 3. The van der Waals surface area contributed by atoms with Gasteiger partial charge in [0.15, 0.2) is 5.11 Å². The van der Waals surface area contributed by atoms with Crippen LogP contribution in [0, 0.1) is 12.8 Å². The molecule has 130 valence electrons. The molecule has 0 aliphatic heterocycles. The number of anilines is 2. The molecule has 2 aromatic rings. The molecule has 0 radical (unpaired) electrons. The molecule has 6 heteroatoms. The first kappa shape index (κ1) is 18.6. The molecule has 0 unspecified atom stereocenters. The van der Waals surface area contributed by atoms with E-state index in [0.29, 0.717) is 5.56 Å². The Morgan fingerprint density at radius 2 is 1.68 bits per heavy atom. The second-order valence-corrected chi connectivity index (χ2v) is 6.36. The van der Waals surface area contributed by atoms with E-state index in [1.54, 1.807) is 38.1 Å². The zero-order valence-electron chi connectivity index (χ0n) is 14.4. The average Bonchev–Trinajstić information content (AvgIpc) is 2.57. The summed E-state index contributed by atoms with van der Waals surface area (Å²) in [5.41, 5.74) is 2.94. The molecule has 2 rings (SSSR count). The van der Waals surface area contributed by atoms with Gasteiger partial charge in [0.25, 0.3) is 5.91 Å². The summed E-state index contributed by atoms with van der Waals surface area (Å²) in [5.74, 6) is -0.442. The van der Waals surface area contributed by atoms with Crippen LogP contribution in [-0.4, -0.2) is 16.9 Å². The van der Waals surface area contributed by atoms with Crippen LogP contribution in [-0.2, 0) is 4.79 Å². The SMILES string of the molecule is Cc1cc(NC(=S)NC(=O)C(C)C)ccc1NC(=O)c1ccccc1. The summed E-state index contributed by atoms with van der Waals surface area (Å²) < 4.78 is 0. The first-order valence-corrected chi connectivity index (χ1v) is 8.36. The Kier molecular flexibility index (Phi) is 6.25. The molecule has 0 fully saturated rings. The van der Waals surface area contributed by atoms with E-state index in [-0.39, 0.29) is 22.8 Å². The molecule has 2 aromatic carbocycles. The van der Waals surface area contributed by atoms with Crippen LogP contribution in [0.25, 0.3) is 0 Å². The topological polar surface area (TPSA) is 70.2 Å². The molecule has 0 heterocycles. The van der Waals surface area contributed by atoms with Crippen LogP contribution >= 0.6 is 12.2 Å². The highest BCUT2D eigenvalue weighted by molar-refractivity contribution is 7.80. The summed E-state index contributed by atoms with van der Waals surface area (Å²) in [4.78, 5) is 23.9. The molecule has 0 aliphatic rings. The lowest BCUT2D eigenvalue weighted by Gasteiger charge is -2.13. The fraction of sp³-hybridized carbons (Fsp3) is 0.211. The van der Waals surface area contributed by atoms with Crippen molar-refractivity contribution in [2.75, 3.05) is 10.6 Å². The number of nitrogens with one attached hydrogen (secondary N) is 3. The minimum Gasteiger partial charge on any atom is -0.332 e. The van der Waals surface area contributed by atoms with Crippen molar-refractivity contribution in [3.63, 3.8) is 0 Å². The number of carbonyl (C=O) groups is 2. The minimum absolute atomic E-state index is 0.138. The predicted octanol–water partition coefficient (Wildman–Crippen LogP) is 3.72. The highest BCUT2D eigenvalue weighted by atomic mass is 32.1. The highest BCUT2D eigenvalue weighted by Gasteiger charge is 2.10. The van der Waals surface area contributed by atoms with Crippen LogP contribution in [0.1, 0.15) is 29.8 Å². The summed E-state index contributed by atoms with van der Waals surface area (Å²) in [5, 5.41) is 8.73. The van der Waals surface area contributed by atoms with Crippen molar-refractivity contribution in [3.8, 4) is 0 Å². The smallest absolute Gasteiger partial charge is 0.255 e. The lowest BCUT2D eigenvalue weighted by atomic mass is 10.1. The summed E-state index contributed by atoms with van der Waals surface area (Å²) in [6, 6.07) is 14.5. The Morgan fingerprint density at radius 1 is 1.00 bits per heavy atom. The molecule has 0 atom stereocenters. The number of aryl methyl sites for hydroxylation is 1. The van der Waals surface area contributed by atoms with E-state index in [1.165, 1.54) is 0 Å². The molecule has 2 amide bonds. The van der Waals surface area contributed by atoms with Crippen molar-refractivity contribution in [2.24, 2.45) is 5.92 Å². The van der Waals surface area contributed by atoms with Gasteiger partial charge < -0.3 is 16.0 Å². The Bertz CT molecular complexity index is 789. The monoisotopic (exact) mass is 355 g/mol. The van der Waals surface area contributed by atoms with Gasteiger partial charge >= 0.3 is 0 Å². The third-order valence-electron chi connectivity index (χ3n) is 3.53. The molecular formula is C19H21N3O2S. The van der Waals surface area contributed by atoms with E-state index in [0.717, 1.165) is 16.9 Å². The lowest BCUT2D eigenvalue weighted by Crippen LogP contribution is -2.36. The standard InChI is InChI=1S/C19H21N3O2S/c1-12(2)17(23)22-19(25)20-15-9-10-16(13(3)11-15)21-18(24)14-7-5-4-6-8-14/h4-12H,1-3H3,(H,21,24)(H2,20,22,23,25). The summed E-state index contributed by atoms with van der Waals surface area (Å²) in [6.07, 6.45) is 0. The van der Waals surface area contributed by atoms with Crippen LogP contribution < -0.4 is 16.0 Å². The lowest BCUT2D eigenvalue weighted by molar-refractivity contribution is -0.122. The molecule has 0 aromatic heterocycles. The average molecular weight is 355 g/mol. The first-order chi connectivity index (χ1) is 11.9. The van der Waals surface area contributed by atoms with Crippen molar-refractivity contribution in [1.82, 2.24) is 5.32 Å². The van der Waals surface area contributed by atoms with Gasteiger partial charge in [0.1, 0.15) is 0 Å². The van der Waals surface area contributed by atoms with E-state index in [9.17, 15) is 9.59 Å². The van der Waals surface area contributed by atoms with E-state index in [2.05, 4.69) is 16.0 Å². The van der Waals surface area contributed by atoms with Crippen LogP contribution in [0.15, 0.2) is 48.5 Å². The highest BCUT2D eigenvalue weighted by Crippen LogP contribution is 2.20. The fourth-order valence-corrected chi connectivity index (χ4v) is 2.30. The van der Waals surface area contributed by atoms with Gasteiger partial charge in [0.05, 0.1) is 0 Å². The molecule has 0 saturated heterocycles. The molecule has 0 bridgehead atoms. The van der Waals surface area contributed by atoms with E-state index in [1.807, 2.05) is 31.2 Å². The fourth-order valence-electron chi connectivity index (χ4n) is 2.08. The normalized spacial score (nSPS) is 10.2. The molecule has 3 N–H and O–H groups in total. The summed E-state index contributed by atoms with van der Waals surface area (Å²) in [7, 11) is 0. The number of carbonyl (C=O) groups excluding carboxylic acids is 2. The van der Waals surface area contributed by atoms with Gasteiger partial charge in [-0.25, -0.2) is 0 Å². The summed E-state index contributed by atoms with van der Waals surface area (Å²) in [6.45, 7) is 5.49.